The molecule has 0 spiro atoms. The summed E-state index contributed by atoms with van der Waals surface area (Å²) in [6.45, 7) is 7.53. The monoisotopic (exact) mass is 266 g/mol. The summed E-state index contributed by atoms with van der Waals surface area (Å²) in [5.74, 6) is -0.336. The number of aryl methyl sites for hydroxylation is 1. The van der Waals surface area contributed by atoms with Crippen molar-refractivity contribution in [2.75, 3.05) is 38.0 Å². The van der Waals surface area contributed by atoms with Gasteiger partial charge >= 0.3 is 11.8 Å². The van der Waals surface area contributed by atoms with Crippen LogP contribution in [-0.2, 0) is 9.59 Å². The number of hydrogen-bond donors (Lipinski definition) is 1. The molecule has 0 aliphatic carbocycles. The van der Waals surface area contributed by atoms with Gasteiger partial charge in [0.15, 0.2) is 5.82 Å². The van der Waals surface area contributed by atoms with E-state index in [4.69, 9.17) is 4.52 Å². The molecule has 7 nitrogen and oxygen atoms in total. The molecule has 19 heavy (non-hydrogen) atoms. The van der Waals surface area contributed by atoms with E-state index >= 15 is 0 Å². The highest BCUT2D eigenvalue weighted by Crippen LogP contribution is 2.08. The molecule has 1 N–H and O–H groups in total. The van der Waals surface area contributed by atoms with Crippen molar-refractivity contribution in [3.05, 3.63) is 11.8 Å². The lowest BCUT2D eigenvalue weighted by Gasteiger charge is -2.33. The fraction of sp³-hybridized carbons (Fsp3) is 0.583. The number of likely N-dealkylation sites (N-methyl/N-ethyl adjacent to an activating group) is 1. The third-order valence-electron chi connectivity index (χ3n) is 3.17. The molecule has 2 amide bonds. The van der Waals surface area contributed by atoms with Crippen LogP contribution >= 0.6 is 0 Å². The van der Waals surface area contributed by atoms with E-state index in [-0.39, 0.29) is 5.82 Å². The Balaban J connectivity index is 1.87. The topological polar surface area (TPSA) is 78.7 Å². The van der Waals surface area contributed by atoms with Gasteiger partial charge in [-0.25, -0.2) is 0 Å². The van der Waals surface area contributed by atoms with Gasteiger partial charge in [0.2, 0.25) is 0 Å². The van der Waals surface area contributed by atoms with Gasteiger partial charge in [-0.05, 0) is 13.5 Å². The Morgan fingerprint density at radius 1 is 1.37 bits per heavy atom. The van der Waals surface area contributed by atoms with Crippen molar-refractivity contribution < 1.29 is 14.1 Å². The molecule has 0 unspecified atom stereocenters. The Morgan fingerprint density at radius 3 is 2.58 bits per heavy atom. The van der Waals surface area contributed by atoms with E-state index in [9.17, 15) is 9.59 Å². The molecular formula is C12H18N4O3. The van der Waals surface area contributed by atoms with Gasteiger partial charge in [-0.15, -0.1) is 0 Å². The SMILES string of the molecule is CCN1CCN(C(=O)C(=O)Nc2cc(C)on2)CC1. The van der Waals surface area contributed by atoms with Gasteiger partial charge in [-0.2, -0.15) is 0 Å². The second-order valence-electron chi connectivity index (χ2n) is 4.50. The van der Waals surface area contributed by atoms with E-state index in [0.717, 1.165) is 19.6 Å². The lowest BCUT2D eigenvalue weighted by atomic mass is 10.3. The van der Waals surface area contributed by atoms with Crippen LogP contribution in [0.4, 0.5) is 5.82 Å². The zero-order chi connectivity index (χ0) is 13.8. The average molecular weight is 266 g/mol. The minimum absolute atomic E-state index is 0.267. The van der Waals surface area contributed by atoms with Gasteiger partial charge in [0.1, 0.15) is 5.76 Å². The standard InChI is InChI=1S/C12H18N4O3/c1-3-15-4-6-16(7-5-15)12(18)11(17)13-10-8-9(2)19-14-10/h8H,3-7H2,1-2H3,(H,13,14,17). The van der Waals surface area contributed by atoms with Crippen LogP contribution in [0.2, 0.25) is 0 Å². The smallest absolute Gasteiger partial charge is 0.315 e. The number of aromatic nitrogens is 1. The molecule has 7 heteroatoms. The number of carbonyl (C=O) groups is 2. The first kappa shape index (κ1) is 13.5. The maximum atomic E-state index is 11.9. The van der Waals surface area contributed by atoms with Crippen molar-refractivity contribution in [2.45, 2.75) is 13.8 Å². The van der Waals surface area contributed by atoms with E-state index in [0.29, 0.717) is 18.8 Å². The molecule has 1 fully saturated rings. The highest BCUT2D eigenvalue weighted by atomic mass is 16.5. The normalized spacial score (nSPS) is 16.4. The number of hydrogen-bond acceptors (Lipinski definition) is 5. The van der Waals surface area contributed by atoms with Crippen molar-refractivity contribution in [2.24, 2.45) is 0 Å². The zero-order valence-electron chi connectivity index (χ0n) is 11.2. The molecule has 2 rings (SSSR count). The van der Waals surface area contributed by atoms with Crippen LogP contribution in [0.3, 0.4) is 0 Å². The van der Waals surface area contributed by atoms with Crippen LogP contribution in [0.25, 0.3) is 0 Å². The molecule has 104 valence electrons. The van der Waals surface area contributed by atoms with Crippen LogP contribution in [0, 0.1) is 6.92 Å². The first-order valence-electron chi connectivity index (χ1n) is 6.36. The maximum absolute atomic E-state index is 11.9. The first-order valence-corrected chi connectivity index (χ1v) is 6.36. The van der Waals surface area contributed by atoms with Gasteiger partial charge in [0.05, 0.1) is 0 Å². The summed E-state index contributed by atoms with van der Waals surface area (Å²) in [4.78, 5) is 27.5. The van der Waals surface area contributed by atoms with E-state index in [2.05, 4.69) is 22.3 Å². The largest absolute Gasteiger partial charge is 0.360 e. The Labute approximate surface area is 111 Å². The first-order chi connectivity index (χ1) is 9.10. The maximum Gasteiger partial charge on any atom is 0.315 e. The molecule has 0 radical (unpaired) electrons. The van der Waals surface area contributed by atoms with Crippen molar-refractivity contribution in [3.8, 4) is 0 Å². The van der Waals surface area contributed by atoms with Gasteiger partial charge in [-0.1, -0.05) is 12.1 Å². The lowest BCUT2D eigenvalue weighted by molar-refractivity contribution is -0.144. The Bertz CT molecular complexity index is 463. The second-order valence-corrected chi connectivity index (χ2v) is 4.50. The number of piperazine rings is 1. The van der Waals surface area contributed by atoms with Crippen LogP contribution < -0.4 is 5.32 Å². The predicted molar refractivity (Wildman–Crippen MR) is 68.6 cm³/mol. The van der Waals surface area contributed by atoms with Crippen molar-refractivity contribution in [1.82, 2.24) is 15.0 Å². The fourth-order valence-electron chi connectivity index (χ4n) is 2.01. The number of anilines is 1. The van der Waals surface area contributed by atoms with Gasteiger partial charge in [-0.3, -0.25) is 14.9 Å². The lowest BCUT2D eigenvalue weighted by Crippen LogP contribution is -2.51. The number of carbonyl (C=O) groups excluding carboxylic acids is 2. The van der Waals surface area contributed by atoms with Gasteiger partial charge in [0, 0.05) is 32.2 Å². The van der Waals surface area contributed by atoms with E-state index < -0.39 is 11.8 Å². The summed E-state index contributed by atoms with van der Waals surface area (Å²) in [7, 11) is 0. The molecule has 1 aromatic heterocycles. The van der Waals surface area contributed by atoms with Crippen molar-refractivity contribution in [1.29, 1.82) is 0 Å². The molecule has 1 saturated heterocycles. The Hall–Kier alpha value is -1.89. The van der Waals surface area contributed by atoms with Crippen molar-refractivity contribution >= 4 is 17.6 Å². The summed E-state index contributed by atoms with van der Waals surface area (Å²) in [5.41, 5.74) is 0. The number of nitrogens with zero attached hydrogens (tertiary/aromatic N) is 3. The quantitative estimate of drug-likeness (QED) is 0.767. The Kier molecular flexibility index (Phi) is 4.16. The minimum Gasteiger partial charge on any atom is -0.360 e. The molecule has 0 saturated carbocycles. The number of rotatable bonds is 2. The zero-order valence-corrected chi connectivity index (χ0v) is 11.2. The van der Waals surface area contributed by atoms with Crippen LogP contribution in [0.1, 0.15) is 12.7 Å². The third kappa shape index (κ3) is 3.31. The predicted octanol–water partition coefficient (Wildman–Crippen LogP) is 0.0856. The van der Waals surface area contributed by atoms with Gasteiger partial charge in [0.25, 0.3) is 0 Å². The summed E-state index contributed by atoms with van der Waals surface area (Å²) < 4.78 is 4.82. The van der Waals surface area contributed by atoms with E-state index in [1.165, 1.54) is 0 Å². The summed E-state index contributed by atoms with van der Waals surface area (Å²) in [5, 5.41) is 6.06. The van der Waals surface area contributed by atoms with Crippen molar-refractivity contribution in [3.63, 3.8) is 0 Å². The third-order valence-corrected chi connectivity index (χ3v) is 3.17. The molecule has 2 heterocycles. The summed E-state index contributed by atoms with van der Waals surface area (Å²) in [6.07, 6.45) is 0. The number of amides is 2. The molecule has 0 aromatic carbocycles. The molecule has 0 bridgehead atoms. The highest BCUT2D eigenvalue weighted by molar-refractivity contribution is 6.39. The molecule has 1 aromatic rings. The second kappa shape index (κ2) is 5.83. The Morgan fingerprint density at radius 2 is 2.05 bits per heavy atom. The van der Waals surface area contributed by atoms with Crippen LogP contribution in [-0.4, -0.2) is 59.5 Å². The summed E-state index contributed by atoms with van der Waals surface area (Å²) in [6, 6.07) is 1.57. The minimum atomic E-state index is -0.668. The average Bonchev–Trinajstić information content (AvgIpc) is 2.83. The fourth-order valence-corrected chi connectivity index (χ4v) is 2.01. The van der Waals surface area contributed by atoms with E-state index in [1.807, 2.05) is 0 Å². The summed E-state index contributed by atoms with van der Waals surface area (Å²) >= 11 is 0. The van der Waals surface area contributed by atoms with Crippen LogP contribution in [0.15, 0.2) is 10.6 Å². The molecular weight excluding hydrogens is 248 g/mol. The molecule has 1 aliphatic rings. The number of nitrogens with one attached hydrogen (secondary N) is 1. The van der Waals surface area contributed by atoms with E-state index in [1.54, 1.807) is 17.9 Å². The molecule has 1 aliphatic heterocycles. The van der Waals surface area contributed by atoms with Crippen LogP contribution in [0.5, 0.6) is 0 Å². The van der Waals surface area contributed by atoms with Gasteiger partial charge < -0.3 is 14.3 Å². The molecule has 0 atom stereocenters. The highest BCUT2D eigenvalue weighted by Gasteiger charge is 2.25.